The number of benzene rings is 1. The molecule has 3 unspecified atom stereocenters. The van der Waals surface area contributed by atoms with Gasteiger partial charge in [0.05, 0.1) is 16.8 Å². The third kappa shape index (κ3) is 5.25. The van der Waals surface area contributed by atoms with Crippen LogP contribution in [0.3, 0.4) is 0 Å². The van der Waals surface area contributed by atoms with Crippen LogP contribution >= 0.6 is 34.4 Å². The molecular formula is C27H24N6O7S3. The summed E-state index contributed by atoms with van der Waals surface area (Å²) in [5, 5.41) is 7.86. The molecule has 3 aromatic rings. The molecular weight excluding hydrogens is 617 g/mol. The van der Waals surface area contributed by atoms with Crippen molar-refractivity contribution in [3.05, 3.63) is 68.6 Å². The summed E-state index contributed by atoms with van der Waals surface area (Å²) in [6.45, 7) is 1.85. The maximum Gasteiger partial charge on any atom is 0.342 e. The maximum atomic E-state index is 13.9. The Morgan fingerprint density at radius 3 is 2.81 bits per heavy atom. The van der Waals surface area contributed by atoms with Gasteiger partial charge in [-0.2, -0.15) is 0 Å². The zero-order chi connectivity index (χ0) is 30.3. The lowest BCUT2D eigenvalue weighted by molar-refractivity contribution is -0.179. The smallest absolute Gasteiger partial charge is 0.342 e. The van der Waals surface area contributed by atoms with Gasteiger partial charge in [0.1, 0.15) is 29.6 Å². The molecule has 6 rings (SSSR count). The van der Waals surface area contributed by atoms with Crippen LogP contribution in [0.5, 0.6) is 0 Å². The number of aromatic nitrogens is 2. The number of thioether (sulfide) groups is 1. The molecule has 2 amide bonds. The number of nitrogen functional groups attached to an aromatic ring is 1. The SMILES string of the molecule is CON=C(C(=O)NC1C(=O)N2CC(C=Cc3scnc3C)(C(=O)OC3OC(=O)c4ccccc43)CS[C@H]12)c1csc(N)n1. The van der Waals surface area contributed by atoms with E-state index in [1.807, 2.05) is 6.92 Å². The molecule has 5 heterocycles. The molecule has 0 spiro atoms. The summed E-state index contributed by atoms with van der Waals surface area (Å²) in [5.74, 6) is -2.03. The quantitative estimate of drug-likeness (QED) is 0.160. The zero-order valence-electron chi connectivity index (χ0n) is 22.7. The van der Waals surface area contributed by atoms with Crippen LogP contribution in [0.25, 0.3) is 6.08 Å². The molecule has 43 heavy (non-hydrogen) atoms. The van der Waals surface area contributed by atoms with Crippen LogP contribution in [0, 0.1) is 12.3 Å². The minimum atomic E-state index is -1.27. The summed E-state index contributed by atoms with van der Waals surface area (Å²) >= 11 is 3.88. The highest BCUT2D eigenvalue weighted by molar-refractivity contribution is 8.00. The normalized spacial score (nSPS) is 24.7. The third-order valence-corrected chi connectivity index (χ3v) is 10.3. The van der Waals surface area contributed by atoms with Crippen molar-refractivity contribution < 1.29 is 33.5 Å². The molecule has 0 radical (unpaired) electrons. The van der Waals surface area contributed by atoms with Crippen LogP contribution in [0.15, 0.2) is 46.4 Å². The molecule has 0 saturated carbocycles. The molecule has 3 N–H and O–H groups in total. The van der Waals surface area contributed by atoms with Gasteiger partial charge in [-0.15, -0.1) is 34.4 Å². The fourth-order valence-corrected chi connectivity index (χ4v) is 7.66. The topological polar surface area (TPSA) is 175 Å². The largest absolute Gasteiger partial charge is 0.420 e. The van der Waals surface area contributed by atoms with Crippen LogP contribution in [0.4, 0.5) is 5.13 Å². The first-order valence-electron chi connectivity index (χ1n) is 12.9. The van der Waals surface area contributed by atoms with Crippen LogP contribution in [-0.2, 0) is 28.7 Å². The first-order valence-corrected chi connectivity index (χ1v) is 15.7. The van der Waals surface area contributed by atoms with Gasteiger partial charge in [-0.25, -0.2) is 14.8 Å². The van der Waals surface area contributed by atoms with E-state index in [2.05, 4.69) is 20.4 Å². The standard InChI is InChI=1S/C27H24N6O7S3/c1-13-17(43-12-29-13)7-8-27(25(37)40-24-15-6-4-3-5-14(15)23(36)39-24)10-33-21(35)19(22(33)42-11-27)31-20(34)18(32-38-2)16-9-41-26(28)30-16/h3-9,12,19,22,24H,10-11H2,1-2H3,(H2,28,30)(H,31,34)/t19?,22-,24?,27?/m1/s1. The second kappa shape index (κ2) is 11.4. The van der Waals surface area contributed by atoms with Crippen molar-refractivity contribution in [2.24, 2.45) is 10.6 Å². The minimum Gasteiger partial charge on any atom is -0.420 e. The Labute approximate surface area is 257 Å². The predicted octanol–water partition coefficient (Wildman–Crippen LogP) is 2.35. The van der Waals surface area contributed by atoms with Crippen molar-refractivity contribution in [1.29, 1.82) is 0 Å². The van der Waals surface area contributed by atoms with E-state index in [4.69, 9.17) is 20.0 Å². The number of ether oxygens (including phenoxy) is 2. The van der Waals surface area contributed by atoms with Gasteiger partial charge in [0.15, 0.2) is 10.8 Å². The van der Waals surface area contributed by atoms with E-state index in [-0.39, 0.29) is 34.7 Å². The third-order valence-electron chi connectivity index (χ3n) is 7.16. The van der Waals surface area contributed by atoms with Gasteiger partial charge in [0.2, 0.25) is 5.91 Å². The highest BCUT2D eigenvalue weighted by atomic mass is 32.2. The summed E-state index contributed by atoms with van der Waals surface area (Å²) < 4.78 is 11.1. The van der Waals surface area contributed by atoms with Crippen molar-refractivity contribution in [2.45, 2.75) is 24.6 Å². The number of esters is 2. The van der Waals surface area contributed by atoms with E-state index in [1.165, 1.54) is 35.1 Å². The van der Waals surface area contributed by atoms with Gasteiger partial charge < -0.3 is 30.3 Å². The molecule has 0 bridgehead atoms. The number of rotatable bonds is 8. The average molecular weight is 641 g/mol. The van der Waals surface area contributed by atoms with E-state index < -0.39 is 41.0 Å². The highest BCUT2D eigenvalue weighted by Gasteiger charge is 2.58. The number of β-lactam (4-membered cyclic amide) rings is 1. The van der Waals surface area contributed by atoms with E-state index in [1.54, 1.807) is 47.3 Å². The minimum absolute atomic E-state index is 0.00694. The van der Waals surface area contributed by atoms with E-state index in [9.17, 15) is 19.2 Å². The molecule has 0 aliphatic carbocycles. The Kier molecular flexibility index (Phi) is 7.66. The molecule has 2 saturated heterocycles. The van der Waals surface area contributed by atoms with Crippen LogP contribution < -0.4 is 11.1 Å². The monoisotopic (exact) mass is 640 g/mol. The van der Waals surface area contributed by atoms with Crippen LogP contribution in [0.2, 0.25) is 0 Å². The number of hydrogen-bond acceptors (Lipinski definition) is 14. The van der Waals surface area contributed by atoms with E-state index in [0.29, 0.717) is 11.1 Å². The first kappa shape index (κ1) is 28.8. The number of nitrogens with zero attached hydrogens (tertiary/aromatic N) is 4. The second-order valence-corrected chi connectivity index (χ2v) is 12.7. The molecule has 2 aromatic heterocycles. The molecule has 1 aromatic carbocycles. The molecule has 13 nitrogen and oxygen atoms in total. The van der Waals surface area contributed by atoms with Crippen molar-refractivity contribution in [3.63, 3.8) is 0 Å². The number of amides is 2. The zero-order valence-corrected chi connectivity index (χ0v) is 25.2. The fraction of sp³-hybridized carbons (Fsp3) is 0.296. The van der Waals surface area contributed by atoms with Crippen LogP contribution in [-0.4, -0.2) is 75.2 Å². The van der Waals surface area contributed by atoms with Gasteiger partial charge >= 0.3 is 11.9 Å². The number of fused-ring (bicyclic) bond motifs is 2. The number of aryl methyl sites for hydroxylation is 1. The van der Waals surface area contributed by atoms with Crippen molar-refractivity contribution in [1.82, 2.24) is 20.2 Å². The Morgan fingerprint density at radius 2 is 2.09 bits per heavy atom. The number of thiazole rings is 2. The van der Waals surface area contributed by atoms with Crippen LogP contribution in [0.1, 0.15) is 38.5 Å². The van der Waals surface area contributed by atoms with Gasteiger partial charge in [0, 0.05) is 28.1 Å². The first-order chi connectivity index (χ1) is 20.7. The fourth-order valence-electron chi connectivity index (χ4n) is 4.91. The summed E-state index contributed by atoms with van der Waals surface area (Å²) in [6.07, 6.45) is 2.31. The second-order valence-electron chi connectivity index (χ2n) is 9.83. The number of anilines is 1. The van der Waals surface area contributed by atoms with Crippen molar-refractivity contribution in [2.75, 3.05) is 25.1 Å². The summed E-state index contributed by atoms with van der Waals surface area (Å²) in [5.41, 5.74) is 7.82. The Balaban J connectivity index is 1.22. The number of oxime groups is 1. The van der Waals surface area contributed by atoms with Gasteiger partial charge in [-0.3, -0.25) is 14.4 Å². The highest BCUT2D eigenvalue weighted by Crippen LogP contribution is 2.45. The number of nitrogens with one attached hydrogen (secondary N) is 1. The molecule has 222 valence electrons. The number of nitrogens with two attached hydrogens (primary N) is 1. The predicted molar refractivity (Wildman–Crippen MR) is 159 cm³/mol. The van der Waals surface area contributed by atoms with Gasteiger partial charge in [-0.05, 0) is 19.1 Å². The lowest BCUT2D eigenvalue weighted by Gasteiger charge is -2.53. The van der Waals surface area contributed by atoms with E-state index >= 15 is 0 Å². The Hall–Kier alpha value is -4.28. The lowest BCUT2D eigenvalue weighted by Crippen LogP contribution is -2.74. The maximum absolute atomic E-state index is 13.9. The molecule has 2 fully saturated rings. The number of carbonyl (C=O) groups excluding carboxylic acids is 4. The molecule has 16 heteroatoms. The van der Waals surface area contributed by atoms with Gasteiger partial charge in [-0.1, -0.05) is 29.4 Å². The number of carbonyl (C=O) groups is 4. The summed E-state index contributed by atoms with van der Waals surface area (Å²) in [7, 11) is 1.29. The molecule has 3 aliphatic heterocycles. The lowest BCUT2D eigenvalue weighted by atomic mass is 9.86. The Morgan fingerprint density at radius 1 is 1.28 bits per heavy atom. The summed E-state index contributed by atoms with van der Waals surface area (Å²) in [4.78, 5) is 68.1. The number of cyclic esters (lactones) is 1. The summed E-state index contributed by atoms with van der Waals surface area (Å²) in [6, 6.07) is 5.84. The van der Waals surface area contributed by atoms with E-state index in [0.717, 1.165) is 21.9 Å². The molecule has 4 atom stereocenters. The van der Waals surface area contributed by atoms with Crippen molar-refractivity contribution in [3.8, 4) is 0 Å². The Bertz CT molecular complexity index is 1690. The van der Waals surface area contributed by atoms with Gasteiger partial charge in [0.25, 0.3) is 12.2 Å². The number of hydrogen-bond donors (Lipinski definition) is 2. The average Bonchev–Trinajstić information content (AvgIpc) is 3.71. The van der Waals surface area contributed by atoms with Crippen molar-refractivity contribution >= 4 is 75.1 Å². The molecule has 3 aliphatic rings.